The average Bonchev–Trinajstić information content (AvgIpc) is 3.20. The summed E-state index contributed by atoms with van der Waals surface area (Å²) in [5.74, 6) is 0.832. The molecule has 0 radical (unpaired) electrons. The summed E-state index contributed by atoms with van der Waals surface area (Å²) in [6, 6.07) is 13.3. The Kier molecular flexibility index (Phi) is 7.26. The molecule has 2 atom stereocenters. The summed E-state index contributed by atoms with van der Waals surface area (Å²) in [7, 11) is 1.82. The number of morpholine rings is 1. The lowest BCUT2D eigenvalue weighted by molar-refractivity contribution is -0.0334. The van der Waals surface area contributed by atoms with Crippen molar-refractivity contribution in [3.8, 4) is 0 Å². The molecule has 0 bridgehead atoms. The number of aliphatic imine (C=N–C) groups is 1. The Hall–Kier alpha value is -1.89. The smallest absolute Gasteiger partial charge is 0.191 e. The minimum absolute atomic E-state index is 0.278. The highest BCUT2D eigenvalue weighted by atomic mass is 32.1. The largest absolute Gasteiger partial charge is 0.376 e. The molecule has 1 aliphatic heterocycles. The lowest BCUT2D eigenvalue weighted by atomic mass is 10.1. The zero-order valence-electron chi connectivity index (χ0n) is 16.4. The van der Waals surface area contributed by atoms with Crippen LogP contribution in [0.3, 0.4) is 0 Å². The first-order chi connectivity index (χ1) is 13.2. The van der Waals surface area contributed by atoms with Crippen molar-refractivity contribution < 1.29 is 4.74 Å². The van der Waals surface area contributed by atoms with Crippen LogP contribution in [0.1, 0.15) is 29.0 Å². The van der Waals surface area contributed by atoms with Gasteiger partial charge in [-0.1, -0.05) is 35.9 Å². The van der Waals surface area contributed by atoms with Gasteiger partial charge in [0.2, 0.25) is 0 Å². The molecule has 0 saturated carbocycles. The summed E-state index contributed by atoms with van der Waals surface area (Å²) >= 11 is 1.81. The first-order valence-electron chi connectivity index (χ1n) is 9.55. The van der Waals surface area contributed by atoms with Gasteiger partial charge in [-0.05, 0) is 30.9 Å². The summed E-state index contributed by atoms with van der Waals surface area (Å²) in [6.07, 6.45) is 0.278. The Balaban J connectivity index is 1.58. The number of rotatable bonds is 6. The monoisotopic (exact) mass is 386 g/mol. The highest BCUT2D eigenvalue weighted by Crippen LogP contribution is 2.26. The summed E-state index contributed by atoms with van der Waals surface area (Å²) in [5.41, 5.74) is 2.53. The third kappa shape index (κ3) is 5.79. The van der Waals surface area contributed by atoms with Crippen LogP contribution in [0.15, 0.2) is 46.8 Å². The molecule has 5 nitrogen and oxygen atoms in total. The molecule has 1 aliphatic rings. The van der Waals surface area contributed by atoms with Crippen LogP contribution < -0.4 is 10.6 Å². The van der Waals surface area contributed by atoms with E-state index in [0.29, 0.717) is 6.04 Å². The topological polar surface area (TPSA) is 48.9 Å². The molecule has 0 amide bonds. The van der Waals surface area contributed by atoms with Crippen LogP contribution in [-0.2, 0) is 11.3 Å². The van der Waals surface area contributed by atoms with Crippen molar-refractivity contribution in [3.63, 3.8) is 0 Å². The van der Waals surface area contributed by atoms with E-state index in [1.165, 1.54) is 16.0 Å². The van der Waals surface area contributed by atoms with E-state index in [2.05, 4.69) is 76.2 Å². The summed E-state index contributed by atoms with van der Waals surface area (Å²) in [4.78, 5) is 8.28. The van der Waals surface area contributed by atoms with Crippen molar-refractivity contribution in [2.75, 3.05) is 33.3 Å². The molecule has 2 aromatic rings. The van der Waals surface area contributed by atoms with Gasteiger partial charge in [-0.3, -0.25) is 9.89 Å². The van der Waals surface area contributed by atoms with Gasteiger partial charge >= 0.3 is 0 Å². The van der Waals surface area contributed by atoms with E-state index in [9.17, 15) is 0 Å². The maximum atomic E-state index is 5.72. The van der Waals surface area contributed by atoms with E-state index < -0.39 is 0 Å². The van der Waals surface area contributed by atoms with Gasteiger partial charge in [0.25, 0.3) is 0 Å². The molecule has 0 spiro atoms. The maximum absolute atomic E-state index is 5.72. The number of hydrogen-bond acceptors (Lipinski definition) is 4. The van der Waals surface area contributed by atoms with Crippen LogP contribution in [0.4, 0.5) is 0 Å². The number of guanidine groups is 1. The van der Waals surface area contributed by atoms with Gasteiger partial charge in [-0.15, -0.1) is 11.3 Å². The average molecular weight is 387 g/mol. The molecule has 1 fully saturated rings. The van der Waals surface area contributed by atoms with Crippen LogP contribution in [0.2, 0.25) is 0 Å². The molecule has 0 aliphatic carbocycles. The molecule has 6 heteroatoms. The van der Waals surface area contributed by atoms with Crippen LogP contribution in [0, 0.1) is 6.92 Å². The van der Waals surface area contributed by atoms with Crippen molar-refractivity contribution in [3.05, 3.63) is 57.8 Å². The zero-order valence-corrected chi connectivity index (χ0v) is 17.3. The van der Waals surface area contributed by atoms with E-state index in [-0.39, 0.29) is 6.10 Å². The molecule has 2 unspecified atom stereocenters. The Labute approximate surface area is 166 Å². The number of nitrogens with one attached hydrogen (secondary N) is 2. The van der Waals surface area contributed by atoms with Crippen LogP contribution in [0.25, 0.3) is 0 Å². The number of thiophene rings is 1. The predicted molar refractivity (Wildman–Crippen MR) is 113 cm³/mol. The Bertz CT molecular complexity index is 714. The van der Waals surface area contributed by atoms with Gasteiger partial charge in [-0.25, -0.2) is 0 Å². The Morgan fingerprint density at radius 3 is 2.78 bits per heavy atom. The van der Waals surface area contributed by atoms with Gasteiger partial charge in [-0.2, -0.15) is 0 Å². The minimum Gasteiger partial charge on any atom is -0.376 e. The Morgan fingerprint density at radius 2 is 2.11 bits per heavy atom. The fourth-order valence-corrected chi connectivity index (χ4v) is 4.19. The van der Waals surface area contributed by atoms with Gasteiger partial charge < -0.3 is 15.4 Å². The highest BCUT2D eigenvalue weighted by Gasteiger charge is 2.26. The number of nitrogens with zero attached hydrogens (tertiary/aromatic N) is 2. The molecule has 1 aromatic heterocycles. The van der Waals surface area contributed by atoms with E-state index in [4.69, 9.17) is 4.74 Å². The van der Waals surface area contributed by atoms with Crippen molar-refractivity contribution >= 4 is 17.3 Å². The first kappa shape index (κ1) is 19.9. The first-order valence-corrected chi connectivity index (χ1v) is 10.4. The second-order valence-corrected chi connectivity index (χ2v) is 7.98. The number of hydrogen-bond donors (Lipinski definition) is 2. The number of aryl methyl sites for hydroxylation is 1. The van der Waals surface area contributed by atoms with Crippen molar-refractivity contribution in [2.24, 2.45) is 4.99 Å². The fraction of sp³-hybridized carbons (Fsp3) is 0.476. The summed E-state index contributed by atoms with van der Waals surface area (Å²) in [6.45, 7) is 8.55. The van der Waals surface area contributed by atoms with Gasteiger partial charge in [0.1, 0.15) is 0 Å². The molecule has 27 heavy (non-hydrogen) atoms. The lowest BCUT2D eigenvalue weighted by Crippen LogP contribution is -2.47. The third-order valence-electron chi connectivity index (χ3n) is 4.85. The van der Waals surface area contributed by atoms with E-state index in [0.717, 1.165) is 38.7 Å². The minimum atomic E-state index is 0.278. The quantitative estimate of drug-likeness (QED) is 0.591. The second-order valence-electron chi connectivity index (χ2n) is 7.00. The Morgan fingerprint density at radius 1 is 1.30 bits per heavy atom. The highest BCUT2D eigenvalue weighted by molar-refractivity contribution is 7.10. The van der Waals surface area contributed by atoms with E-state index >= 15 is 0 Å². The number of ether oxygens (including phenoxy) is 1. The van der Waals surface area contributed by atoms with E-state index in [1.807, 2.05) is 18.4 Å². The predicted octanol–water partition coefficient (Wildman–Crippen LogP) is 3.18. The zero-order chi connectivity index (χ0) is 19.1. The second kappa shape index (κ2) is 9.88. The van der Waals surface area contributed by atoms with Crippen molar-refractivity contribution in [1.82, 2.24) is 15.5 Å². The SMILES string of the molecule is CN=C(NCc1ccc(C)cc1)NCC(c1cccs1)N1CCOC(C)C1. The van der Waals surface area contributed by atoms with Crippen LogP contribution >= 0.6 is 11.3 Å². The normalized spacial score (nSPS) is 19.7. The van der Waals surface area contributed by atoms with Gasteiger partial charge in [0, 0.05) is 38.1 Å². The van der Waals surface area contributed by atoms with E-state index in [1.54, 1.807) is 0 Å². The molecule has 1 saturated heterocycles. The van der Waals surface area contributed by atoms with Crippen LogP contribution in [-0.4, -0.2) is 50.3 Å². The molecular formula is C21H30N4OS. The fourth-order valence-electron chi connectivity index (χ4n) is 3.32. The van der Waals surface area contributed by atoms with Crippen LogP contribution in [0.5, 0.6) is 0 Å². The van der Waals surface area contributed by atoms with Gasteiger partial charge in [0.15, 0.2) is 5.96 Å². The molecule has 1 aromatic carbocycles. The molecule has 146 valence electrons. The lowest BCUT2D eigenvalue weighted by Gasteiger charge is -2.37. The number of benzene rings is 1. The molecular weight excluding hydrogens is 356 g/mol. The summed E-state index contributed by atoms with van der Waals surface area (Å²) in [5, 5.41) is 9.08. The molecule has 2 N–H and O–H groups in total. The molecule has 2 heterocycles. The van der Waals surface area contributed by atoms with Crippen molar-refractivity contribution in [1.29, 1.82) is 0 Å². The maximum Gasteiger partial charge on any atom is 0.191 e. The molecule has 3 rings (SSSR count). The van der Waals surface area contributed by atoms with Crippen molar-refractivity contribution in [2.45, 2.75) is 32.5 Å². The van der Waals surface area contributed by atoms with Gasteiger partial charge in [0.05, 0.1) is 18.8 Å². The third-order valence-corrected chi connectivity index (χ3v) is 5.83. The standard InChI is InChI=1S/C21H30N4OS/c1-16-6-8-18(9-7-16)13-23-21(22-3)24-14-19(20-5-4-12-27-20)25-10-11-26-17(2)15-25/h4-9,12,17,19H,10-11,13-15H2,1-3H3,(H2,22,23,24). The summed E-state index contributed by atoms with van der Waals surface area (Å²) < 4.78 is 5.72.